The smallest absolute Gasteiger partial charge is 0.140 e. The molecule has 3 N–H and O–H groups in total. The molecule has 2 rings (SSSR count). The highest BCUT2D eigenvalue weighted by Gasteiger charge is 2.25. The second-order valence-electron chi connectivity index (χ2n) is 5.51. The molecule has 5 nitrogen and oxygen atoms in total. The number of hydrogen-bond acceptors (Lipinski definition) is 4. The predicted molar refractivity (Wildman–Crippen MR) is 72.9 cm³/mol. The number of hydrogen-bond donors (Lipinski definition) is 2. The van der Waals surface area contributed by atoms with Crippen molar-refractivity contribution in [1.82, 2.24) is 9.80 Å². The van der Waals surface area contributed by atoms with Gasteiger partial charge in [0.25, 0.3) is 0 Å². The fourth-order valence-electron chi connectivity index (χ4n) is 3.11. The fourth-order valence-corrected chi connectivity index (χ4v) is 3.11. The average molecular weight is 254 g/mol. The number of oxime groups is 1. The fraction of sp³-hybridized carbons (Fsp3) is 0.923. The van der Waals surface area contributed by atoms with E-state index in [1.165, 1.54) is 45.2 Å². The van der Waals surface area contributed by atoms with Crippen LogP contribution in [0.4, 0.5) is 0 Å². The molecule has 0 atom stereocenters. The SMILES string of the molecule is NC(CCN1CCC(N2CCCCC2)CC1)=NO. The van der Waals surface area contributed by atoms with Crippen molar-refractivity contribution in [3.05, 3.63) is 0 Å². The number of rotatable bonds is 4. The maximum atomic E-state index is 8.51. The quantitative estimate of drug-likeness (QED) is 0.341. The standard InChI is InChI=1S/C13H26N4O/c14-13(15-18)6-11-16-9-4-12(5-10-16)17-7-2-1-3-8-17/h12,18H,1-11H2,(H2,14,15). The van der Waals surface area contributed by atoms with Crippen molar-refractivity contribution in [2.24, 2.45) is 10.9 Å². The summed E-state index contributed by atoms with van der Waals surface area (Å²) in [4.78, 5) is 5.11. The molecule has 5 heteroatoms. The van der Waals surface area contributed by atoms with E-state index in [9.17, 15) is 0 Å². The van der Waals surface area contributed by atoms with Gasteiger partial charge in [0.15, 0.2) is 0 Å². The van der Waals surface area contributed by atoms with Gasteiger partial charge in [-0.05, 0) is 51.9 Å². The number of piperidine rings is 2. The van der Waals surface area contributed by atoms with E-state index in [0.717, 1.165) is 25.7 Å². The average Bonchev–Trinajstić information content (AvgIpc) is 2.46. The van der Waals surface area contributed by atoms with Gasteiger partial charge in [0.1, 0.15) is 5.84 Å². The lowest BCUT2D eigenvalue weighted by Crippen LogP contribution is -2.47. The Labute approximate surface area is 110 Å². The van der Waals surface area contributed by atoms with Gasteiger partial charge in [0.05, 0.1) is 0 Å². The van der Waals surface area contributed by atoms with Crippen LogP contribution in [0, 0.1) is 0 Å². The van der Waals surface area contributed by atoms with Gasteiger partial charge in [-0.25, -0.2) is 0 Å². The molecular weight excluding hydrogens is 228 g/mol. The molecule has 0 unspecified atom stereocenters. The van der Waals surface area contributed by atoms with Crippen LogP contribution in [-0.4, -0.2) is 59.6 Å². The maximum Gasteiger partial charge on any atom is 0.140 e. The van der Waals surface area contributed by atoms with Gasteiger partial charge in [-0.1, -0.05) is 11.6 Å². The van der Waals surface area contributed by atoms with Crippen LogP contribution in [-0.2, 0) is 0 Å². The van der Waals surface area contributed by atoms with Crippen LogP contribution in [0.1, 0.15) is 38.5 Å². The monoisotopic (exact) mass is 254 g/mol. The first-order chi connectivity index (χ1) is 8.79. The summed E-state index contributed by atoms with van der Waals surface area (Å²) in [6, 6.07) is 0.797. The van der Waals surface area contributed by atoms with Crippen LogP contribution in [0.5, 0.6) is 0 Å². The summed E-state index contributed by atoms with van der Waals surface area (Å²) in [5.74, 6) is 0.341. The second kappa shape index (κ2) is 6.95. The largest absolute Gasteiger partial charge is 0.409 e. The van der Waals surface area contributed by atoms with Gasteiger partial charge in [0.2, 0.25) is 0 Å². The van der Waals surface area contributed by atoms with Crippen molar-refractivity contribution < 1.29 is 5.21 Å². The van der Waals surface area contributed by atoms with E-state index in [1.807, 2.05) is 0 Å². The van der Waals surface area contributed by atoms with Crippen molar-refractivity contribution in [3.63, 3.8) is 0 Å². The minimum absolute atomic E-state index is 0.341. The van der Waals surface area contributed by atoms with Crippen LogP contribution in [0.15, 0.2) is 5.16 Å². The van der Waals surface area contributed by atoms with Crippen LogP contribution in [0.2, 0.25) is 0 Å². The molecule has 2 aliphatic heterocycles. The van der Waals surface area contributed by atoms with Gasteiger partial charge in [-0.2, -0.15) is 0 Å². The van der Waals surface area contributed by atoms with Crippen molar-refractivity contribution in [1.29, 1.82) is 0 Å². The molecule has 0 aliphatic carbocycles. The third-order valence-corrected chi connectivity index (χ3v) is 4.28. The van der Waals surface area contributed by atoms with E-state index < -0.39 is 0 Å². The molecule has 0 aromatic carbocycles. The number of amidine groups is 1. The minimum Gasteiger partial charge on any atom is -0.409 e. The predicted octanol–water partition coefficient (Wildman–Crippen LogP) is 1.07. The molecule has 2 aliphatic rings. The molecule has 0 aromatic rings. The van der Waals surface area contributed by atoms with E-state index in [4.69, 9.17) is 10.9 Å². The zero-order chi connectivity index (χ0) is 12.8. The second-order valence-corrected chi connectivity index (χ2v) is 5.51. The summed E-state index contributed by atoms with van der Waals surface area (Å²) in [5.41, 5.74) is 5.50. The number of nitrogens with two attached hydrogens (primary N) is 1. The van der Waals surface area contributed by atoms with E-state index in [-0.39, 0.29) is 0 Å². The van der Waals surface area contributed by atoms with E-state index in [2.05, 4.69) is 15.0 Å². The first-order valence-corrected chi connectivity index (χ1v) is 7.22. The van der Waals surface area contributed by atoms with Crippen molar-refractivity contribution in [2.75, 3.05) is 32.7 Å². The summed E-state index contributed by atoms with van der Waals surface area (Å²) >= 11 is 0. The summed E-state index contributed by atoms with van der Waals surface area (Å²) in [5, 5.41) is 11.5. The maximum absolute atomic E-state index is 8.51. The third-order valence-electron chi connectivity index (χ3n) is 4.28. The molecule has 0 radical (unpaired) electrons. The Morgan fingerprint density at radius 3 is 2.39 bits per heavy atom. The number of nitrogens with zero attached hydrogens (tertiary/aromatic N) is 3. The molecule has 0 spiro atoms. The highest BCUT2D eigenvalue weighted by Crippen LogP contribution is 2.20. The lowest BCUT2D eigenvalue weighted by atomic mass is 10.00. The molecular formula is C13H26N4O. The summed E-state index contributed by atoms with van der Waals surface area (Å²) in [7, 11) is 0. The highest BCUT2D eigenvalue weighted by atomic mass is 16.4. The van der Waals surface area contributed by atoms with Crippen molar-refractivity contribution in [3.8, 4) is 0 Å². The minimum atomic E-state index is 0.341. The summed E-state index contributed by atoms with van der Waals surface area (Å²) in [6.07, 6.45) is 7.39. The normalized spacial score (nSPS) is 25.4. The molecule has 18 heavy (non-hydrogen) atoms. The molecule has 104 valence electrons. The first kappa shape index (κ1) is 13.6. The molecule has 0 bridgehead atoms. The van der Waals surface area contributed by atoms with E-state index in [1.54, 1.807) is 0 Å². The lowest BCUT2D eigenvalue weighted by molar-refractivity contribution is 0.0937. The Hall–Kier alpha value is -0.810. The molecule has 2 heterocycles. The molecule has 0 amide bonds. The number of likely N-dealkylation sites (tertiary alicyclic amines) is 2. The highest BCUT2D eigenvalue weighted by molar-refractivity contribution is 5.79. The zero-order valence-electron chi connectivity index (χ0n) is 11.2. The lowest BCUT2D eigenvalue weighted by Gasteiger charge is -2.40. The Balaban J connectivity index is 1.67. The van der Waals surface area contributed by atoms with Crippen molar-refractivity contribution >= 4 is 5.84 Å². The van der Waals surface area contributed by atoms with Gasteiger partial charge < -0.3 is 20.7 Å². The molecule has 2 fully saturated rings. The zero-order valence-corrected chi connectivity index (χ0v) is 11.2. The first-order valence-electron chi connectivity index (χ1n) is 7.22. The molecule has 0 aromatic heterocycles. The Morgan fingerprint density at radius 1 is 1.11 bits per heavy atom. The Kier molecular flexibility index (Phi) is 5.26. The van der Waals surface area contributed by atoms with Gasteiger partial charge in [-0.3, -0.25) is 0 Å². The van der Waals surface area contributed by atoms with Crippen LogP contribution < -0.4 is 5.73 Å². The third kappa shape index (κ3) is 3.85. The topological polar surface area (TPSA) is 65.1 Å². The van der Waals surface area contributed by atoms with Crippen LogP contribution >= 0.6 is 0 Å². The van der Waals surface area contributed by atoms with E-state index >= 15 is 0 Å². The Morgan fingerprint density at radius 2 is 1.78 bits per heavy atom. The van der Waals surface area contributed by atoms with Gasteiger partial charge in [0, 0.05) is 19.0 Å². The van der Waals surface area contributed by atoms with Gasteiger partial charge >= 0.3 is 0 Å². The Bertz CT molecular complexity index is 268. The molecule has 2 saturated heterocycles. The van der Waals surface area contributed by atoms with Crippen LogP contribution in [0.3, 0.4) is 0 Å². The van der Waals surface area contributed by atoms with Crippen molar-refractivity contribution in [2.45, 2.75) is 44.6 Å². The molecule has 0 saturated carbocycles. The van der Waals surface area contributed by atoms with Crippen LogP contribution in [0.25, 0.3) is 0 Å². The van der Waals surface area contributed by atoms with E-state index in [0.29, 0.717) is 12.3 Å². The van der Waals surface area contributed by atoms with Gasteiger partial charge in [-0.15, -0.1) is 0 Å². The summed E-state index contributed by atoms with van der Waals surface area (Å²) < 4.78 is 0. The summed E-state index contributed by atoms with van der Waals surface area (Å²) in [6.45, 7) is 5.83.